The molecule has 1 N–H and O–H groups in total. The molecule has 1 aliphatic carbocycles. The molecule has 0 bridgehead atoms. The SMILES string of the molecule is COC(=O)N1c2c(ccc3c2OCO3)C23CCN4CC=CC(C(=O)OC)(CCC2C1(O)C(=O)OC)C43. The molecule has 1 spiro atoms. The lowest BCUT2D eigenvalue weighted by Crippen LogP contribution is -2.75. The van der Waals surface area contributed by atoms with Gasteiger partial charge in [-0.3, -0.25) is 9.69 Å². The molecule has 4 aliphatic heterocycles. The Morgan fingerprint density at radius 3 is 2.56 bits per heavy atom. The smallest absolute Gasteiger partial charge is 0.417 e. The predicted octanol–water partition coefficient (Wildman–Crippen LogP) is 1.31. The van der Waals surface area contributed by atoms with Crippen molar-refractivity contribution in [2.24, 2.45) is 11.3 Å². The van der Waals surface area contributed by atoms with Crippen LogP contribution in [0.25, 0.3) is 0 Å². The molecule has 5 unspecified atom stereocenters. The van der Waals surface area contributed by atoms with Crippen molar-refractivity contribution in [1.82, 2.24) is 4.90 Å². The minimum atomic E-state index is -2.42. The number of nitrogens with zero attached hydrogens (tertiary/aromatic N) is 2. The van der Waals surface area contributed by atoms with Gasteiger partial charge in [-0.25, -0.2) is 14.5 Å². The van der Waals surface area contributed by atoms with Gasteiger partial charge in [-0.2, -0.15) is 0 Å². The number of amides is 1. The number of esters is 2. The zero-order valence-electron chi connectivity index (χ0n) is 20.3. The predicted molar refractivity (Wildman–Crippen MR) is 122 cm³/mol. The molecule has 0 radical (unpaired) electrons. The zero-order valence-corrected chi connectivity index (χ0v) is 20.3. The van der Waals surface area contributed by atoms with E-state index in [-0.39, 0.29) is 30.6 Å². The number of rotatable bonds is 2. The van der Waals surface area contributed by atoms with Crippen LogP contribution in [0.5, 0.6) is 11.5 Å². The average molecular weight is 501 g/mol. The van der Waals surface area contributed by atoms with E-state index in [1.807, 2.05) is 18.2 Å². The van der Waals surface area contributed by atoms with Crippen LogP contribution in [-0.4, -0.2) is 81.0 Å². The molecule has 5 aliphatic rings. The molecule has 11 heteroatoms. The number of methoxy groups -OCH3 is 3. The van der Waals surface area contributed by atoms with Gasteiger partial charge in [-0.15, -0.1) is 0 Å². The van der Waals surface area contributed by atoms with Gasteiger partial charge in [0, 0.05) is 23.9 Å². The van der Waals surface area contributed by atoms with Crippen LogP contribution in [0.2, 0.25) is 0 Å². The monoisotopic (exact) mass is 500 g/mol. The van der Waals surface area contributed by atoms with Crippen LogP contribution in [0.1, 0.15) is 24.8 Å². The van der Waals surface area contributed by atoms with Crippen molar-refractivity contribution in [3.63, 3.8) is 0 Å². The summed E-state index contributed by atoms with van der Waals surface area (Å²) in [5.41, 5.74) is -3.45. The second kappa shape index (κ2) is 7.59. The van der Waals surface area contributed by atoms with E-state index in [1.54, 1.807) is 6.07 Å². The van der Waals surface area contributed by atoms with Gasteiger partial charge in [-0.1, -0.05) is 18.2 Å². The Kier molecular flexibility index (Phi) is 4.88. The van der Waals surface area contributed by atoms with Crippen LogP contribution in [-0.2, 0) is 29.2 Å². The lowest BCUT2D eigenvalue weighted by molar-refractivity contribution is -0.184. The Bertz CT molecular complexity index is 1200. The van der Waals surface area contributed by atoms with Gasteiger partial charge >= 0.3 is 18.0 Å². The highest BCUT2D eigenvalue weighted by atomic mass is 16.7. The standard InChI is InChI=1S/C25H28N2O9/c1-32-20(28)23-8-4-11-26-12-10-24(19(23)26)14-5-6-15-18(36-13-35-15)17(14)27(22(30)34-3)25(31,21(29)33-2)16(24)7-9-23/h4-6,8,16,19,31H,7,9-13H2,1-3H3. The molecule has 2 fully saturated rings. The molecule has 1 saturated heterocycles. The highest BCUT2D eigenvalue weighted by molar-refractivity contribution is 6.02. The summed E-state index contributed by atoms with van der Waals surface area (Å²) in [4.78, 5) is 43.3. The maximum Gasteiger partial charge on any atom is 0.417 e. The maximum absolute atomic E-state index is 13.5. The molecule has 1 amide bonds. The summed E-state index contributed by atoms with van der Waals surface area (Å²) in [5.74, 6) is -1.56. The number of aliphatic hydroxyl groups is 1. The minimum absolute atomic E-state index is 0.0850. The fourth-order valence-electron chi connectivity index (χ4n) is 7.71. The van der Waals surface area contributed by atoms with Crippen LogP contribution in [0.4, 0.5) is 10.5 Å². The first-order valence-electron chi connectivity index (χ1n) is 11.9. The van der Waals surface area contributed by atoms with Gasteiger partial charge in [0.2, 0.25) is 6.79 Å². The number of carbonyl (C=O) groups excluding carboxylic acids is 3. The van der Waals surface area contributed by atoms with E-state index in [1.165, 1.54) is 21.3 Å². The summed E-state index contributed by atoms with van der Waals surface area (Å²) >= 11 is 0. The molecule has 4 heterocycles. The molecular formula is C25H28N2O9. The van der Waals surface area contributed by atoms with Crippen molar-refractivity contribution in [2.45, 2.75) is 36.4 Å². The molecule has 6 rings (SSSR count). The lowest BCUT2D eigenvalue weighted by Gasteiger charge is -2.62. The topological polar surface area (TPSA) is 124 Å². The van der Waals surface area contributed by atoms with Gasteiger partial charge < -0.3 is 28.8 Å². The number of fused-ring (bicyclic) bond motifs is 3. The number of anilines is 1. The van der Waals surface area contributed by atoms with E-state index in [4.69, 9.17) is 23.7 Å². The second-order valence-corrected chi connectivity index (χ2v) is 9.93. The average Bonchev–Trinajstić information content (AvgIpc) is 3.54. The highest BCUT2D eigenvalue weighted by Gasteiger charge is 2.75. The van der Waals surface area contributed by atoms with Gasteiger partial charge in [0.05, 0.1) is 21.3 Å². The Morgan fingerprint density at radius 2 is 1.83 bits per heavy atom. The van der Waals surface area contributed by atoms with Gasteiger partial charge in [0.25, 0.3) is 5.72 Å². The summed E-state index contributed by atoms with van der Waals surface area (Å²) < 4.78 is 26.8. The van der Waals surface area contributed by atoms with E-state index < -0.39 is 40.6 Å². The van der Waals surface area contributed by atoms with Crippen molar-refractivity contribution >= 4 is 23.7 Å². The van der Waals surface area contributed by atoms with E-state index in [0.29, 0.717) is 37.2 Å². The molecule has 36 heavy (non-hydrogen) atoms. The fourth-order valence-corrected chi connectivity index (χ4v) is 7.71. The quantitative estimate of drug-likeness (QED) is 0.361. The summed E-state index contributed by atoms with van der Waals surface area (Å²) in [7, 11) is 3.71. The van der Waals surface area contributed by atoms with Gasteiger partial charge in [-0.05, 0) is 37.4 Å². The van der Waals surface area contributed by atoms with Crippen molar-refractivity contribution in [3.05, 3.63) is 29.8 Å². The van der Waals surface area contributed by atoms with Gasteiger partial charge in [0.1, 0.15) is 11.1 Å². The third-order valence-electron chi connectivity index (χ3n) is 8.85. The van der Waals surface area contributed by atoms with Crippen LogP contribution in [0.3, 0.4) is 0 Å². The van der Waals surface area contributed by atoms with Crippen LogP contribution < -0.4 is 14.4 Å². The highest BCUT2D eigenvalue weighted by Crippen LogP contribution is 2.68. The molecule has 1 aromatic rings. The van der Waals surface area contributed by atoms with Crippen LogP contribution in [0.15, 0.2) is 24.3 Å². The summed E-state index contributed by atoms with van der Waals surface area (Å²) in [6.07, 6.45) is 4.05. The van der Waals surface area contributed by atoms with Gasteiger partial charge in [0.15, 0.2) is 11.5 Å². The van der Waals surface area contributed by atoms with E-state index in [0.717, 1.165) is 4.90 Å². The third-order valence-corrected chi connectivity index (χ3v) is 8.85. The first-order valence-corrected chi connectivity index (χ1v) is 11.9. The van der Waals surface area contributed by atoms with E-state index >= 15 is 0 Å². The molecule has 5 atom stereocenters. The Hall–Kier alpha value is -3.31. The Labute approximate surface area is 207 Å². The minimum Gasteiger partial charge on any atom is -0.468 e. The van der Waals surface area contributed by atoms with E-state index in [9.17, 15) is 19.5 Å². The number of ether oxygens (including phenoxy) is 5. The summed E-state index contributed by atoms with van der Waals surface area (Å²) in [6.45, 7) is 1.14. The molecule has 0 aromatic heterocycles. The molecule has 11 nitrogen and oxygen atoms in total. The summed E-state index contributed by atoms with van der Waals surface area (Å²) in [6, 6.07) is 3.18. The number of hydrogen-bond acceptors (Lipinski definition) is 10. The third kappa shape index (κ3) is 2.47. The summed E-state index contributed by atoms with van der Waals surface area (Å²) in [5, 5.41) is 12.4. The largest absolute Gasteiger partial charge is 0.468 e. The lowest BCUT2D eigenvalue weighted by atomic mass is 9.47. The van der Waals surface area contributed by atoms with Crippen LogP contribution >= 0.6 is 0 Å². The normalized spacial score (nSPS) is 35.4. The molecule has 1 aromatic carbocycles. The number of hydrogen-bond donors (Lipinski definition) is 1. The van der Waals surface area contributed by atoms with Crippen molar-refractivity contribution in [3.8, 4) is 11.5 Å². The fraction of sp³-hybridized carbons (Fsp3) is 0.560. The first kappa shape index (κ1) is 23.1. The Balaban J connectivity index is 1.71. The first-order chi connectivity index (χ1) is 17.3. The zero-order chi connectivity index (χ0) is 25.5. The van der Waals surface area contributed by atoms with Crippen molar-refractivity contribution in [1.29, 1.82) is 0 Å². The number of benzene rings is 1. The molecule has 192 valence electrons. The maximum atomic E-state index is 13.5. The number of carbonyl (C=O) groups is 3. The molecular weight excluding hydrogens is 472 g/mol. The van der Waals surface area contributed by atoms with Crippen molar-refractivity contribution in [2.75, 3.05) is 46.1 Å². The van der Waals surface area contributed by atoms with E-state index in [2.05, 4.69) is 4.90 Å². The Morgan fingerprint density at radius 1 is 1.06 bits per heavy atom. The van der Waals surface area contributed by atoms with Crippen LogP contribution in [0, 0.1) is 11.3 Å². The molecule has 1 saturated carbocycles. The van der Waals surface area contributed by atoms with Crippen molar-refractivity contribution < 1.29 is 43.2 Å². The second-order valence-electron chi connectivity index (χ2n) is 9.93.